The molecule has 0 aliphatic carbocycles. The van der Waals surface area contributed by atoms with Gasteiger partial charge in [-0.15, -0.1) is 11.3 Å². The molecule has 1 aliphatic heterocycles. The highest BCUT2D eigenvalue weighted by atomic mass is 32.1. The van der Waals surface area contributed by atoms with E-state index in [2.05, 4.69) is 22.4 Å². The molecule has 0 spiro atoms. The van der Waals surface area contributed by atoms with Crippen molar-refractivity contribution in [3.05, 3.63) is 76.4 Å². The molecule has 4 nitrogen and oxygen atoms in total. The number of hydrogen-bond donors (Lipinski definition) is 0. The van der Waals surface area contributed by atoms with Gasteiger partial charge in [-0.25, -0.2) is 9.37 Å². The van der Waals surface area contributed by atoms with Gasteiger partial charge in [0.05, 0.1) is 12.2 Å². The maximum absolute atomic E-state index is 13.3. The molecule has 0 radical (unpaired) electrons. The van der Waals surface area contributed by atoms with Crippen molar-refractivity contribution in [2.45, 2.75) is 6.54 Å². The quantitative estimate of drug-likeness (QED) is 0.688. The van der Waals surface area contributed by atoms with Crippen molar-refractivity contribution in [3.63, 3.8) is 0 Å². The summed E-state index contributed by atoms with van der Waals surface area (Å²) in [6.45, 7) is 3.67. The second-order valence-corrected chi connectivity index (χ2v) is 7.51. The van der Waals surface area contributed by atoms with Gasteiger partial charge in [-0.1, -0.05) is 36.4 Å². The van der Waals surface area contributed by atoms with Gasteiger partial charge in [0.1, 0.15) is 10.8 Å². The van der Waals surface area contributed by atoms with E-state index < -0.39 is 0 Å². The first-order chi connectivity index (χ1) is 13.2. The molecule has 0 N–H and O–H groups in total. The minimum absolute atomic E-state index is 0.102. The second-order valence-electron chi connectivity index (χ2n) is 6.57. The lowest BCUT2D eigenvalue weighted by molar-refractivity contribution is 0.0628. The molecule has 0 unspecified atom stereocenters. The fourth-order valence-corrected chi connectivity index (χ4v) is 4.07. The van der Waals surface area contributed by atoms with Gasteiger partial charge >= 0.3 is 0 Å². The van der Waals surface area contributed by atoms with Crippen LogP contribution in [0.5, 0.6) is 0 Å². The Morgan fingerprint density at radius 1 is 1.04 bits per heavy atom. The fraction of sp³-hybridized carbons (Fsp3) is 0.238. The highest BCUT2D eigenvalue weighted by Gasteiger charge is 2.23. The van der Waals surface area contributed by atoms with E-state index in [4.69, 9.17) is 4.98 Å². The normalized spacial score (nSPS) is 15.1. The molecule has 138 valence electrons. The maximum atomic E-state index is 13.3. The van der Waals surface area contributed by atoms with Crippen LogP contribution in [0.15, 0.2) is 60.0 Å². The molecular formula is C21H20FN3OS. The minimum atomic E-state index is -0.377. The van der Waals surface area contributed by atoms with Crippen LogP contribution in [0, 0.1) is 5.82 Å². The number of carbonyl (C=O) groups excluding carboxylic acids is 1. The summed E-state index contributed by atoms with van der Waals surface area (Å²) in [6.07, 6.45) is 0. The summed E-state index contributed by atoms with van der Waals surface area (Å²) in [5.74, 6) is -0.479. The van der Waals surface area contributed by atoms with E-state index in [1.165, 1.54) is 12.1 Å². The van der Waals surface area contributed by atoms with E-state index in [1.54, 1.807) is 28.4 Å². The van der Waals surface area contributed by atoms with E-state index in [1.807, 2.05) is 18.2 Å². The van der Waals surface area contributed by atoms with Crippen molar-refractivity contribution >= 4 is 17.2 Å². The van der Waals surface area contributed by atoms with Crippen molar-refractivity contribution in [3.8, 4) is 11.3 Å². The zero-order valence-electron chi connectivity index (χ0n) is 14.8. The standard InChI is InChI=1S/C21H20FN3OS/c22-18-8-4-7-17(13-18)21(26)25-11-9-24(10-12-25)14-20-23-19(15-27-20)16-5-2-1-3-6-16/h1-8,13,15H,9-12,14H2. The summed E-state index contributed by atoms with van der Waals surface area (Å²) in [5.41, 5.74) is 2.55. The van der Waals surface area contributed by atoms with Crippen LogP contribution in [0.2, 0.25) is 0 Å². The SMILES string of the molecule is O=C(c1cccc(F)c1)N1CCN(Cc2nc(-c3ccccc3)cs2)CC1. The summed E-state index contributed by atoms with van der Waals surface area (Å²) in [7, 11) is 0. The zero-order chi connectivity index (χ0) is 18.6. The lowest BCUT2D eigenvalue weighted by Crippen LogP contribution is -2.48. The van der Waals surface area contributed by atoms with Gasteiger partial charge in [-0.2, -0.15) is 0 Å². The van der Waals surface area contributed by atoms with Crippen LogP contribution in [-0.2, 0) is 6.54 Å². The van der Waals surface area contributed by atoms with Crippen LogP contribution in [-0.4, -0.2) is 46.9 Å². The van der Waals surface area contributed by atoms with Gasteiger partial charge in [0.15, 0.2) is 0 Å². The van der Waals surface area contributed by atoms with E-state index in [0.717, 1.165) is 35.9 Å². The topological polar surface area (TPSA) is 36.4 Å². The smallest absolute Gasteiger partial charge is 0.254 e. The third kappa shape index (κ3) is 4.23. The van der Waals surface area contributed by atoms with Crippen LogP contribution >= 0.6 is 11.3 Å². The summed E-state index contributed by atoms with van der Waals surface area (Å²) >= 11 is 1.67. The number of halogens is 1. The predicted molar refractivity (Wildman–Crippen MR) is 105 cm³/mol. The summed E-state index contributed by atoms with van der Waals surface area (Å²) in [6, 6.07) is 16.1. The average molecular weight is 381 g/mol. The number of carbonyl (C=O) groups is 1. The molecule has 4 rings (SSSR count). The minimum Gasteiger partial charge on any atom is -0.336 e. The van der Waals surface area contributed by atoms with Crippen LogP contribution < -0.4 is 0 Å². The van der Waals surface area contributed by atoms with E-state index >= 15 is 0 Å². The molecule has 2 aromatic carbocycles. The molecule has 3 aromatic rings. The Hall–Kier alpha value is -2.57. The van der Waals surface area contributed by atoms with Gasteiger partial charge in [0.2, 0.25) is 0 Å². The van der Waals surface area contributed by atoms with Crippen molar-refractivity contribution in [1.29, 1.82) is 0 Å². The Morgan fingerprint density at radius 3 is 2.56 bits per heavy atom. The lowest BCUT2D eigenvalue weighted by Gasteiger charge is -2.34. The number of amides is 1. The Labute approximate surface area is 161 Å². The van der Waals surface area contributed by atoms with Crippen molar-refractivity contribution in [2.24, 2.45) is 0 Å². The Bertz CT molecular complexity index is 920. The summed E-state index contributed by atoms with van der Waals surface area (Å²) < 4.78 is 13.3. The predicted octanol–water partition coefficient (Wildman–Crippen LogP) is 3.91. The maximum Gasteiger partial charge on any atom is 0.254 e. The molecule has 1 saturated heterocycles. The lowest BCUT2D eigenvalue weighted by atomic mass is 10.1. The third-order valence-corrected chi connectivity index (χ3v) is 5.54. The Balaban J connectivity index is 1.33. The summed E-state index contributed by atoms with van der Waals surface area (Å²) in [4.78, 5) is 21.4. The number of benzene rings is 2. The summed E-state index contributed by atoms with van der Waals surface area (Å²) in [5, 5.41) is 3.17. The first-order valence-corrected chi connectivity index (χ1v) is 9.84. The van der Waals surface area contributed by atoms with Gasteiger partial charge in [0.25, 0.3) is 5.91 Å². The molecule has 1 amide bonds. The number of thiazole rings is 1. The number of rotatable bonds is 4. The highest BCUT2D eigenvalue weighted by Crippen LogP contribution is 2.23. The van der Waals surface area contributed by atoms with E-state index in [0.29, 0.717) is 18.7 Å². The van der Waals surface area contributed by atoms with E-state index in [9.17, 15) is 9.18 Å². The van der Waals surface area contributed by atoms with Crippen LogP contribution in [0.4, 0.5) is 4.39 Å². The molecule has 0 bridgehead atoms. The Kier molecular flexibility index (Phi) is 5.27. The second kappa shape index (κ2) is 7.98. The van der Waals surface area contributed by atoms with Gasteiger partial charge < -0.3 is 4.90 Å². The zero-order valence-corrected chi connectivity index (χ0v) is 15.7. The van der Waals surface area contributed by atoms with E-state index in [-0.39, 0.29) is 11.7 Å². The average Bonchev–Trinajstić information content (AvgIpc) is 3.17. The van der Waals surface area contributed by atoms with Crippen LogP contribution in [0.25, 0.3) is 11.3 Å². The molecule has 6 heteroatoms. The number of piperazine rings is 1. The highest BCUT2D eigenvalue weighted by molar-refractivity contribution is 7.09. The molecule has 1 fully saturated rings. The molecule has 1 aromatic heterocycles. The third-order valence-electron chi connectivity index (χ3n) is 4.71. The fourth-order valence-electron chi connectivity index (χ4n) is 3.23. The Morgan fingerprint density at radius 2 is 1.81 bits per heavy atom. The number of hydrogen-bond acceptors (Lipinski definition) is 4. The molecule has 27 heavy (non-hydrogen) atoms. The molecule has 0 saturated carbocycles. The first kappa shape index (κ1) is 17.8. The first-order valence-electron chi connectivity index (χ1n) is 8.96. The van der Waals surface area contributed by atoms with Gasteiger partial charge in [-0.05, 0) is 18.2 Å². The molecule has 1 aliphatic rings. The molecule has 0 atom stereocenters. The largest absolute Gasteiger partial charge is 0.336 e. The van der Waals surface area contributed by atoms with Gasteiger partial charge in [-0.3, -0.25) is 9.69 Å². The number of nitrogens with zero attached hydrogens (tertiary/aromatic N) is 3. The monoisotopic (exact) mass is 381 g/mol. The van der Waals surface area contributed by atoms with Crippen LogP contribution in [0.3, 0.4) is 0 Å². The van der Waals surface area contributed by atoms with Crippen molar-refractivity contribution in [1.82, 2.24) is 14.8 Å². The molecular weight excluding hydrogens is 361 g/mol. The molecule has 2 heterocycles. The number of aromatic nitrogens is 1. The van der Waals surface area contributed by atoms with Crippen molar-refractivity contribution < 1.29 is 9.18 Å². The van der Waals surface area contributed by atoms with Crippen molar-refractivity contribution in [2.75, 3.05) is 26.2 Å². The van der Waals surface area contributed by atoms with Gasteiger partial charge in [0, 0.05) is 42.7 Å². The van der Waals surface area contributed by atoms with Crippen LogP contribution in [0.1, 0.15) is 15.4 Å².